The number of ketones is 1. The zero-order chi connectivity index (χ0) is 27.1. The normalized spacial score (nSPS) is 14.8. The topological polar surface area (TPSA) is 96.1 Å². The van der Waals surface area contributed by atoms with Gasteiger partial charge in [-0.05, 0) is 61.1 Å². The van der Waals surface area contributed by atoms with E-state index in [1.807, 2.05) is 10.7 Å². The summed E-state index contributed by atoms with van der Waals surface area (Å²) in [5, 5.41) is 13.9. The molecule has 0 radical (unpaired) electrons. The number of carbonyl (C=O) groups excluding carboxylic acids is 3. The van der Waals surface area contributed by atoms with Crippen molar-refractivity contribution in [3.63, 3.8) is 0 Å². The van der Waals surface area contributed by atoms with Crippen LogP contribution in [-0.4, -0.2) is 38.8 Å². The largest absolute Gasteiger partial charge is 0.293 e. The quantitative estimate of drug-likeness (QED) is 0.235. The summed E-state index contributed by atoms with van der Waals surface area (Å²) >= 11 is 1.42. The fraction of sp³-hybridized carbons (Fsp3) is 0.233. The van der Waals surface area contributed by atoms with Crippen LogP contribution in [0, 0.1) is 23.1 Å². The van der Waals surface area contributed by atoms with E-state index < -0.39 is 5.92 Å². The number of thiophene rings is 1. The highest BCUT2D eigenvalue weighted by Gasteiger charge is 2.37. The van der Waals surface area contributed by atoms with Gasteiger partial charge < -0.3 is 0 Å². The van der Waals surface area contributed by atoms with Crippen LogP contribution in [0.15, 0.2) is 60.8 Å². The van der Waals surface area contributed by atoms with Gasteiger partial charge in [0.15, 0.2) is 5.78 Å². The predicted octanol–water partition coefficient (Wildman–Crippen LogP) is 5.30. The Balaban J connectivity index is 1.29. The number of hydrogen-bond acceptors (Lipinski definition) is 6. The van der Waals surface area contributed by atoms with E-state index in [4.69, 9.17) is 0 Å². The summed E-state index contributed by atoms with van der Waals surface area (Å²) in [6, 6.07) is 16.9. The third-order valence-electron chi connectivity index (χ3n) is 7.28. The first-order valence-corrected chi connectivity index (χ1v) is 13.6. The maximum Gasteiger partial charge on any atom is 0.261 e. The van der Waals surface area contributed by atoms with Gasteiger partial charge >= 0.3 is 0 Å². The number of amides is 2. The third kappa shape index (κ3) is 4.57. The Morgan fingerprint density at radius 3 is 2.56 bits per heavy atom. The van der Waals surface area contributed by atoms with Gasteiger partial charge in [0.1, 0.15) is 11.9 Å². The molecular weight excluding hydrogens is 515 g/mol. The van der Waals surface area contributed by atoms with Crippen LogP contribution in [0.4, 0.5) is 4.39 Å². The highest BCUT2D eigenvalue weighted by molar-refractivity contribution is 7.14. The minimum atomic E-state index is -0.413. The molecule has 2 amide bonds. The van der Waals surface area contributed by atoms with Crippen molar-refractivity contribution in [1.82, 2.24) is 14.7 Å². The standard InChI is InChI=1S/C30H23FN4O3S/c31-21-6-3-5-18(12-21)11-19(17-34-29(37)22-7-1-2-8-23(22)30(34)38)13-25(36)27-14-24-26(39-27)9-4-10-35-28(24)20(15-32)16-33-35/h1-3,5-8,12,14,16,19H,4,9-11,13,17H2/t19-/m1/s1. The minimum Gasteiger partial charge on any atom is -0.293 e. The van der Waals surface area contributed by atoms with Crippen LogP contribution in [0.25, 0.3) is 11.3 Å². The number of aromatic nitrogens is 2. The van der Waals surface area contributed by atoms with Gasteiger partial charge in [-0.3, -0.25) is 24.0 Å². The summed E-state index contributed by atoms with van der Waals surface area (Å²) in [6.07, 6.45) is 3.59. The number of hydrogen-bond donors (Lipinski definition) is 0. The molecule has 2 aromatic carbocycles. The summed E-state index contributed by atoms with van der Waals surface area (Å²) in [4.78, 5) is 42.5. The van der Waals surface area contributed by atoms with Gasteiger partial charge in [0.2, 0.25) is 0 Å². The second kappa shape index (κ2) is 10.0. The molecule has 0 fully saturated rings. The Morgan fingerprint density at radius 2 is 1.85 bits per heavy atom. The smallest absolute Gasteiger partial charge is 0.261 e. The van der Waals surface area contributed by atoms with Gasteiger partial charge in [-0.25, -0.2) is 4.39 Å². The van der Waals surface area contributed by atoms with Crippen LogP contribution < -0.4 is 0 Å². The molecule has 6 rings (SSSR count). The Bertz CT molecular complexity index is 1650. The first kappa shape index (κ1) is 24.9. The number of Topliss-reactive ketones (excluding diaryl/α,β-unsaturated/α-hetero) is 1. The zero-order valence-electron chi connectivity index (χ0n) is 20.9. The molecule has 0 unspecified atom stereocenters. The summed E-state index contributed by atoms with van der Waals surface area (Å²) in [5.74, 6) is -1.68. The monoisotopic (exact) mass is 538 g/mol. The second-order valence-electron chi connectivity index (χ2n) is 9.89. The molecule has 0 N–H and O–H groups in total. The van der Waals surface area contributed by atoms with Crippen molar-refractivity contribution >= 4 is 28.9 Å². The molecule has 1 atom stereocenters. The van der Waals surface area contributed by atoms with Gasteiger partial charge in [0, 0.05) is 30.0 Å². The maximum absolute atomic E-state index is 14.0. The number of rotatable bonds is 7. The van der Waals surface area contributed by atoms with E-state index in [-0.39, 0.29) is 36.4 Å². The molecule has 7 nitrogen and oxygen atoms in total. The molecule has 0 bridgehead atoms. The Hall–Kier alpha value is -4.42. The number of carbonyl (C=O) groups is 3. The molecule has 0 saturated heterocycles. The molecule has 2 aliphatic rings. The van der Waals surface area contributed by atoms with Crippen molar-refractivity contribution < 1.29 is 18.8 Å². The van der Waals surface area contributed by atoms with E-state index in [0.29, 0.717) is 40.1 Å². The van der Waals surface area contributed by atoms with Gasteiger partial charge in [-0.15, -0.1) is 11.3 Å². The van der Waals surface area contributed by atoms with E-state index in [2.05, 4.69) is 11.2 Å². The molecule has 194 valence electrons. The third-order valence-corrected chi connectivity index (χ3v) is 8.51. The van der Waals surface area contributed by atoms with Crippen LogP contribution in [0.3, 0.4) is 0 Å². The lowest BCUT2D eigenvalue weighted by molar-refractivity contribution is 0.0617. The van der Waals surface area contributed by atoms with E-state index in [1.54, 1.807) is 42.6 Å². The first-order chi connectivity index (χ1) is 18.9. The number of nitriles is 1. The van der Waals surface area contributed by atoms with Crippen molar-refractivity contribution in [1.29, 1.82) is 5.26 Å². The molecule has 2 aliphatic heterocycles. The number of fused-ring (bicyclic) bond motifs is 4. The number of benzene rings is 2. The molecule has 0 aliphatic carbocycles. The van der Waals surface area contributed by atoms with Crippen molar-refractivity contribution in [2.24, 2.45) is 5.92 Å². The van der Waals surface area contributed by atoms with Crippen LogP contribution in [0.2, 0.25) is 0 Å². The summed E-state index contributed by atoms with van der Waals surface area (Å²) in [6.45, 7) is 0.753. The predicted molar refractivity (Wildman–Crippen MR) is 143 cm³/mol. The molecule has 4 aromatic rings. The number of imide groups is 1. The van der Waals surface area contributed by atoms with Gasteiger partial charge in [0.25, 0.3) is 11.8 Å². The summed E-state index contributed by atoms with van der Waals surface area (Å²) < 4.78 is 15.8. The lowest BCUT2D eigenvalue weighted by Crippen LogP contribution is -2.36. The minimum absolute atomic E-state index is 0.0467. The van der Waals surface area contributed by atoms with Crippen molar-refractivity contribution in [3.05, 3.63) is 98.6 Å². The average molecular weight is 539 g/mol. The Kier molecular flexibility index (Phi) is 6.41. The molecule has 9 heteroatoms. The molecule has 39 heavy (non-hydrogen) atoms. The zero-order valence-corrected chi connectivity index (χ0v) is 21.7. The van der Waals surface area contributed by atoms with Crippen LogP contribution in [0.5, 0.6) is 0 Å². The second-order valence-corrected chi connectivity index (χ2v) is 11.0. The van der Waals surface area contributed by atoms with Crippen molar-refractivity contribution in [3.8, 4) is 17.3 Å². The van der Waals surface area contributed by atoms with E-state index in [9.17, 15) is 24.0 Å². The highest BCUT2D eigenvalue weighted by Crippen LogP contribution is 2.38. The number of aryl methyl sites for hydroxylation is 2. The molecule has 4 heterocycles. The van der Waals surface area contributed by atoms with Gasteiger partial charge in [-0.1, -0.05) is 24.3 Å². The first-order valence-electron chi connectivity index (χ1n) is 12.7. The summed E-state index contributed by atoms with van der Waals surface area (Å²) in [7, 11) is 0. The highest BCUT2D eigenvalue weighted by atomic mass is 32.1. The lowest BCUT2D eigenvalue weighted by Gasteiger charge is -2.22. The SMILES string of the molecule is N#Cc1cnn2c1-c1cc(C(=O)C[C@@H](Cc3cccc(F)c3)CN3C(=O)c4ccccc4C3=O)sc1CCC2. The van der Waals surface area contributed by atoms with Crippen molar-refractivity contribution in [2.75, 3.05) is 6.54 Å². The molecular formula is C30H23FN4O3S. The van der Waals surface area contributed by atoms with Gasteiger partial charge in [-0.2, -0.15) is 10.4 Å². The van der Waals surface area contributed by atoms with Gasteiger partial charge in [0.05, 0.1) is 33.5 Å². The summed E-state index contributed by atoms with van der Waals surface area (Å²) in [5.41, 5.74) is 3.47. The molecule has 0 saturated carbocycles. The molecule has 0 spiro atoms. The lowest BCUT2D eigenvalue weighted by atomic mass is 9.93. The van der Waals surface area contributed by atoms with Crippen LogP contribution in [0.1, 0.15) is 59.2 Å². The Morgan fingerprint density at radius 1 is 1.08 bits per heavy atom. The van der Waals surface area contributed by atoms with E-state index >= 15 is 0 Å². The van der Waals surface area contributed by atoms with E-state index in [1.165, 1.54) is 28.4 Å². The van der Waals surface area contributed by atoms with Crippen LogP contribution in [-0.2, 0) is 19.4 Å². The Labute approximate surface area is 228 Å². The fourth-order valence-corrected chi connectivity index (χ4v) is 6.64. The van der Waals surface area contributed by atoms with Crippen molar-refractivity contribution in [2.45, 2.75) is 32.2 Å². The number of nitrogens with zero attached hydrogens (tertiary/aromatic N) is 4. The maximum atomic E-state index is 14.0. The molecule has 2 aromatic heterocycles. The van der Waals surface area contributed by atoms with E-state index in [0.717, 1.165) is 29.0 Å². The average Bonchev–Trinajstić information content (AvgIpc) is 3.57. The fourth-order valence-electron chi connectivity index (χ4n) is 5.49. The van der Waals surface area contributed by atoms with Crippen LogP contribution >= 0.6 is 11.3 Å². The number of halogens is 1.